The molecule has 142 valence electrons. The van der Waals surface area contributed by atoms with Crippen molar-refractivity contribution in [2.75, 3.05) is 13.1 Å². The third kappa shape index (κ3) is 3.21. The summed E-state index contributed by atoms with van der Waals surface area (Å²) in [6, 6.07) is 0.403. The highest BCUT2D eigenvalue weighted by atomic mass is 32.1. The largest absolute Gasteiger partial charge is 0.335 e. The molecule has 1 aromatic rings. The summed E-state index contributed by atoms with van der Waals surface area (Å²) >= 11 is 1.64. The van der Waals surface area contributed by atoms with Crippen molar-refractivity contribution in [3.63, 3.8) is 0 Å². The Bertz CT molecular complexity index is 683. The predicted molar refractivity (Wildman–Crippen MR) is 102 cm³/mol. The number of likely N-dealkylation sites (tertiary alicyclic amines) is 1. The summed E-state index contributed by atoms with van der Waals surface area (Å²) in [5.74, 6) is 0.550. The smallest absolute Gasteiger partial charge is 0.318 e. The van der Waals surface area contributed by atoms with E-state index in [9.17, 15) is 9.59 Å². The van der Waals surface area contributed by atoms with Crippen molar-refractivity contribution in [2.45, 2.75) is 76.4 Å². The molecular formula is C19H28N4O2S. The number of thiazole rings is 1. The fraction of sp³-hybridized carbons (Fsp3) is 0.737. The first kappa shape index (κ1) is 17.8. The van der Waals surface area contributed by atoms with Gasteiger partial charge in [0.1, 0.15) is 5.69 Å². The number of rotatable bonds is 3. The highest BCUT2D eigenvalue weighted by Gasteiger charge is 2.44. The van der Waals surface area contributed by atoms with Gasteiger partial charge in [-0.3, -0.25) is 4.79 Å². The van der Waals surface area contributed by atoms with E-state index in [2.05, 4.69) is 10.3 Å². The first-order chi connectivity index (χ1) is 12.5. The van der Waals surface area contributed by atoms with Crippen LogP contribution in [0.4, 0.5) is 4.79 Å². The van der Waals surface area contributed by atoms with Crippen molar-refractivity contribution in [3.05, 3.63) is 16.1 Å². The van der Waals surface area contributed by atoms with Crippen molar-refractivity contribution < 1.29 is 9.59 Å². The molecule has 0 aromatic carbocycles. The summed E-state index contributed by atoms with van der Waals surface area (Å²) in [5, 5.41) is 6.11. The van der Waals surface area contributed by atoms with Crippen LogP contribution < -0.4 is 5.32 Å². The summed E-state index contributed by atoms with van der Waals surface area (Å²) in [6.45, 7) is 5.35. The zero-order chi connectivity index (χ0) is 18.3. The van der Waals surface area contributed by atoms with Gasteiger partial charge in [-0.25, -0.2) is 9.78 Å². The van der Waals surface area contributed by atoms with Gasteiger partial charge in [-0.1, -0.05) is 19.3 Å². The lowest BCUT2D eigenvalue weighted by Crippen LogP contribution is -2.53. The van der Waals surface area contributed by atoms with Crippen molar-refractivity contribution in [2.24, 2.45) is 0 Å². The lowest BCUT2D eigenvalue weighted by atomic mass is 9.90. The van der Waals surface area contributed by atoms with Gasteiger partial charge >= 0.3 is 6.03 Å². The van der Waals surface area contributed by atoms with E-state index < -0.39 is 0 Å². The molecule has 0 spiro atoms. The maximum absolute atomic E-state index is 12.9. The molecule has 7 heteroatoms. The minimum Gasteiger partial charge on any atom is -0.335 e. The zero-order valence-electron chi connectivity index (χ0n) is 15.6. The molecule has 2 saturated heterocycles. The molecule has 2 atom stereocenters. The zero-order valence-corrected chi connectivity index (χ0v) is 16.4. The van der Waals surface area contributed by atoms with Crippen LogP contribution >= 0.6 is 11.3 Å². The molecule has 3 fully saturated rings. The molecule has 3 heterocycles. The second-order valence-corrected chi connectivity index (χ2v) is 8.96. The summed E-state index contributed by atoms with van der Waals surface area (Å²) in [7, 11) is 0. The monoisotopic (exact) mass is 376 g/mol. The number of carbonyl (C=O) groups excluding carboxylic acids is 2. The Morgan fingerprint density at radius 3 is 2.77 bits per heavy atom. The van der Waals surface area contributed by atoms with E-state index in [1.165, 1.54) is 32.1 Å². The number of nitrogens with zero attached hydrogens (tertiary/aromatic N) is 3. The summed E-state index contributed by atoms with van der Waals surface area (Å²) < 4.78 is 0. The summed E-state index contributed by atoms with van der Waals surface area (Å²) in [5.41, 5.74) is 0.582. The molecule has 1 aromatic heterocycles. The molecule has 6 nitrogen and oxygen atoms in total. The second kappa shape index (κ2) is 7.18. The molecular weight excluding hydrogens is 348 g/mol. The Morgan fingerprint density at radius 2 is 2.04 bits per heavy atom. The number of amides is 3. The first-order valence-electron chi connectivity index (χ1n) is 9.88. The van der Waals surface area contributed by atoms with E-state index in [1.54, 1.807) is 11.3 Å². The Hall–Kier alpha value is -1.63. The van der Waals surface area contributed by atoms with Crippen LogP contribution in [-0.2, 0) is 0 Å². The van der Waals surface area contributed by atoms with Crippen molar-refractivity contribution in [1.82, 2.24) is 20.1 Å². The minimum atomic E-state index is -0.00228. The number of hydrogen-bond donors (Lipinski definition) is 1. The lowest BCUT2D eigenvalue weighted by Gasteiger charge is -2.37. The number of urea groups is 1. The van der Waals surface area contributed by atoms with E-state index in [-0.39, 0.29) is 30.1 Å². The van der Waals surface area contributed by atoms with Gasteiger partial charge in [-0.05, 0) is 33.1 Å². The van der Waals surface area contributed by atoms with Gasteiger partial charge in [0.15, 0.2) is 0 Å². The van der Waals surface area contributed by atoms with Gasteiger partial charge in [-0.15, -0.1) is 11.3 Å². The molecule has 3 amide bonds. The maximum atomic E-state index is 12.9. The Balaban J connectivity index is 1.42. The average molecular weight is 377 g/mol. The SMILES string of the molecule is CC(C)N1C(=O)N[C@@H]2CN(C(=O)c3csc(C4CCCCC4)n3)CC[C@@H]21. The molecule has 3 aliphatic rings. The molecule has 1 aliphatic carbocycles. The number of hydrogen-bond acceptors (Lipinski definition) is 4. The normalized spacial score (nSPS) is 27.0. The highest BCUT2D eigenvalue weighted by molar-refractivity contribution is 7.09. The second-order valence-electron chi connectivity index (χ2n) is 8.07. The fourth-order valence-corrected chi connectivity index (χ4v) is 5.65. The number of piperidine rings is 1. The van der Waals surface area contributed by atoms with Crippen LogP contribution in [0, 0.1) is 0 Å². The van der Waals surface area contributed by atoms with Crippen LogP contribution in [0.2, 0.25) is 0 Å². The topological polar surface area (TPSA) is 65.5 Å². The summed E-state index contributed by atoms with van der Waals surface area (Å²) in [6.07, 6.45) is 7.09. The van der Waals surface area contributed by atoms with E-state index in [4.69, 9.17) is 0 Å². The van der Waals surface area contributed by atoms with Crippen molar-refractivity contribution in [1.29, 1.82) is 0 Å². The van der Waals surface area contributed by atoms with Gasteiger partial charge in [0.2, 0.25) is 0 Å². The minimum absolute atomic E-state index is 0.00228. The van der Waals surface area contributed by atoms with E-state index in [0.717, 1.165) is 11.4 Å². The van der Waals surface area contributed by atoms with Crippen LogP contribution in [0.1, 0.15) is 73.8 Å². The first-order valence-corrected chi connectivity index (χ1v) is 10.8. The predicted octanol–water partition coefficient (Wildman–Crippen LogP) is 3.21. The molecule has 2 aliphatic heterocycles. The number of nitrogens with one attached hydrogen (secondary N) is 1. The van der Waals surface area contributed by atoms with Crippen molar-refractivity contribution >= 4 is 23.3 Å². The van der Waals surface area contributed by atoms with Gasteiger partial charge in [0, 0.05) is 30.4 Å². The summed E-state index contributed by atoms with van der Waals surface area (Å²) in [4.78, 5) is 33.6. The number of carbonyl (C=O) groups is 2. The lowest BCUT2D eigenvalue weighted by molar-refractivity contribution is 0.0639. The van der Waals surface area contributed by atoms with E-state index >= 15 is 0 Å². The third-order valence-electron chi connectivity index (χ3n) is 6.02. The fourth-order valence-electron chi connectivity index (χ4n) is 4.69. The van der Waals surface area contributed by atoms with Crippen LogP contribution in [0.5, 0.6) is 0 Å². The molecule has 0 radical (unpaired) electrons. The number of fused-ring (bicyclic) bond motifs is 1. The molecule has 1 saturated carbocycles. The molecule has 1 N–H and O–H groups in total. The number of aromatic nitrogens is 1. The Kier molecular flexibility index (Phi) is 4.90. The molecule has 4 rings (SSSR count). The van der Waals surface area contributed by atoms with Gasteiger partial charge in [0.25, 0.3) is 5.91 Å². The molecule has 0 bridgehead atoms. The molecule has 26 heavy (non-hydrogen) atoms. The van der Waals surface area contributed by atoms with Crippen LogP contribution in [-0.4, -0.2) is 57.9 Å². The van der Waals surface area contributed by atoms with Crippen molar-refractivity contribution in [3.8, 4) is 0 Å². The van der Waals surface area contributed by atoms with E-state index in [0.29, 0.717) is 24.7 Å². The van der Waals surface area contributed by atoms with Gasteiger partial charge in [0.05, 0.1) is 17.1 Å². The highest BCUT2D eigenvalue weighted by Crippen LogP contribution is 2.34. The van der Waals surface area contributed by atoms with Crippen LogP contribution in [0.25, 0.3) is 0 Å². The van der Waals surface area contributed by atoms with Crippen LogP contribution in [0.15, 0.2) is 5.38 Å². The standard InChI is InChI=1S/C19H28N4O2S/c1-12(2)23-16-8-9-22(10-14(16)21-19(23)25)18(24)15-11-26-17(20-15)13-6-4-3-5-7-13/h11-14,16H,3-10H2,1-2H3,(H,21,25)/t14-,16+/m1/s1. The van der Waals surface area contributed by atoms with Gasteiger partial charge < -0.3 is 15.1 Å². The molecule has 0 unspecified atom stereocenters. The third-order valence-corrected chi connectivity index (χ3v) is 7.02. The van der Waals surface area contributed by atoms with E-state index in [1.807, 2.05) is 29.0 Å². The van der Waals surface area contributed by atoms with Crippen LogP contribution in [0.3, 0.4) is 0 Å². The maximum Gasteiger partial charge on any atom is 0.318 e. The average Bonchev–Trinajstić information content (AvgIpc) is 3.25. The Labute approximate surface area is 159 Å². The quantitative estimate of drug-likeness (QED) is 0.881. The van der Waals surface area contributed by atoms with Gasteiger partial charge in [-0.2, -0.15) is 0 Å². The Morgan fingerprint density at radius 1 is 1.27 bits per heavy atom.